The first-order chi connectivity index (χ1) is 21.5. The number of rotatable bonds is 9. The van der Waals surface area contributed by atoms with E-state index in [1.54, 1.807) is 30.9 Å². The quantitative estimate of drug-likeness (QED) is 0.341. The van der Waals surface area contributed by atoms with Crippen LogP contribution in [0.15, 0.2) is 78.9 Å². The lowest BCUT2D eigenvalue weighted by atomic mass is 9.74. The second-order valence-corrected chi connectivity index (χ2v) is 16.4. The van der Waals surface area contributed by atoms with E-state index in [0.717, 1.165) is 17.5 Å². The molecule has 2 fully saturated rings. The molecule has 238 valence electrons. The number of likely N-dealkylation sites (tertiary alicyclic amines) is 1. The summed E-state index contributed by atoms with van der Waals surface area (Å²) >= 11 is 6.14. The van der Waals surface area contributed by atoms with Crippen molar-refractivity contribution in [2.24, 2.45) is 11.7 Å². The fourth-order valence-electron chi connectivity index (χ4n) is 7.85. The van der Waals surface area contributed by atoms with E-state index in [-0.39, 0.29) is 35.4 Å². The Labute approximate surface area is 271 Å². The number of benzene rings is 3. The van der Waals surface area contributed by atoms with Crippen LogP contribution in [0.25, 0.3) is 0 Å². The second kappa shape index (κ2) is 12.5. The number of piperidine rings is 1. The van der Waals surface area contributed by atoms with Crippen LogP contribution in [0.4, 0.5) is 0 Å². The Morgan fingerprint density at radius 3 is 2.16 bits per heavy atom. The van der Waals surface area contributed by atoms with Crippen LogP contribution < -0.4 is 11.1 Å². The van der Waals surface area contributed by atoms with E-state index in [1.807, 2.05) is 54.6 Å². The Balaban J connectivity index is 1.23. The molecule has 6 rings (SSSR count). The largest absolute Gasteiger partial charge is 0.344 e. The van der Waals surface area contributed by atoms with Gasteiger partial charge in [0.25, 0.3) is 0 Å². The van der Waals surface area contributed by atoms with Gasteiger partial charge in [0.15, 0.2) is 9.84 Å². The fraction of sp³-hybridized carbons (Fsp3) is 0.444. The van der Waals surface area contributed by atoms with E-state index < -0.39 is 32.5 Å². The van der Waals surface area contributed by atoms with Crippen molar-refractivity contribution >= 4 is 33.3 Å². The van der Waals surface area contributed by atoms with E-state index >= 15 is 0 Å². The second-order valence-electron chi connectivity index (χ2n) is 13.4. The number of carbonyl (C=O) groups is 2. The van der Waals surface area contributed by atoms with E-state index in [4.69, 9.17) is 17.3 Å². The summed E-state index contributed by atoms with van der Waals surface area (Å²) in [4.78, 5) is 30.0. The highest BCUT2D eigenvalue weighted by atomic mass is 35.5. The molecule has 7 nitrogen and oxygen atoms in total. The summed E-state index contributed by atoms with van der Waals surface area (Å²) in [5, 5.41) is 3.25. The van der Waals surface area contributed by atoms with Crippen molar-refractivity contribution in [3.8, 4) is 0 Å². The first kappa shape index (κ1) is 31.8. The fourth-order valence-corrected chi connectivity index (χ4v) is 9.54. The lowest BCUT2D eigenvalue weighted by molar-refractivity contribution is -0.139. The Morgan fingerprint density at radius 1 is 0.933 bits per heavy atom. The lowest BCUT2D eigenvalue weighted by Gasteiger charge is -2.43. The number of sulfone groups is 1. The number of nitrogens with zero attached hydrogens (tertiary/aromatic N) is 1. The van der Waals surface area contributed by atoms with Crippen LogP contribution >= 0.6 is 11.6 Å². The van der Waals surface area contributed by atoms with Crippen molar-refractivity contribution in [2.45, 2.75) is 74.1 Å². The normalized spacial score (nSPS) is 24.3. The molecule has 0 radical (unpaired) electrons. The van der Waals surface area contributed by atoms with Crippen molar-refractivity contribution in [1.29, 1.82) is 0 Å². The maximum atomic E-state index is 14.2. The SMILES string of the molecule is CC(C)S(=O)(=O)CC1(c2ccccc2)CCN(C(=O)[C@@H](Cc2ccc(Cl)cc2)NC(=O)C2C3CC(c4ccccc43)C2N)CC1. The van der Waals surface area contributed by atoms with E-state index in [1.165, 1.54) is 11.1 Å². The van der Waals surface area contributed by atoms with Crippen molar-refractivity contribution in [1.82, 2.24) is 10.2 Å². The highest BCUT2D eigenvalue weighted by Crippen LogP contribution is 2.55. The van der Waals surface area contributed by atoms with Crippen LogP contribution in [-0.2, 0) is 31.3 Å². The topological polar surface area (TPSA) is 110 Å². The zero-order chi connectivity index (χ0) is 31.9. The van der Waals surface area contributed by atoms with Gasteiger partial charge >= 0.3 is 0 Å². The molecule has 2 amide bonds. The summed E-state index contributed by atoms with van der Waals surface area (Å²) in [7, 11) is -3.34. The molecule has 1 saturated heterocycles. The number of nitrogens with one attached hydrogen (secondary N) is 1. The minimum absolute atomic E-state index is 0.0388. The van der Waals surface area contributed by atoms with Crippen LogP contribution in [0.5, 0.6) is 0 Å². The first-order valence-corrected chi connectivity index (χ1v) is 18.0. The van der Waals surface area contributed by atoms with Gasteiger partial charge in [-0.1, -0.05) is 78.3 Å². The zero-order valence-electron chi connectivity index (χ0n) is 25.9. The number of nitrogens with two attached hydrogens (primary N) is 1. The molecule has 0 aromatic heterocycles. The van der Waals surface area contributed by atoms with Gasteiger partial charge in [0.1, 0.15) is 6.04 Å². The highest BCUT2D eigenvalue weighted by Gasteiger charge is 2.52. The molecule has 4 unspecified atom stereocenters. The molecule has 5 atom stereocenters. The Bertz CT molecular complexity index is 1650. The predicted molar refractivity (Wildman–Crippen MR) is 178 cm³/mol. The van der Waals surface area contributed by atoms with E-state index in [0.29, 0.717) is 37.4 Å². The Hall–Kier alpha value is -3.20. The van der Waals surface area contributed by atoms with E-state index in [2.05, 4.69) is 17.4 Å². The molecule has 2 aliphatic carbocycles. The average Bonchev–Trinajstić information content (AvgIpc) is 3.58. The highest BCUT2D eigenvalue weighted by molar-refractivity contribution is 7.92. The van der Waals surface area contributed by atoms with Crippen LogP contribution in [0.3, 0.4) is 0 Å². The van der Waals surface area contributed by atoms with Crippen LogP contribution in [0.2, 0.25) is 5.02 Å². The maximum Gasteiger partial charge on any atom is 0.245 e. The minimum atomic E-state index is -3.34. The minimum Gasteiger partial charge on any atom is -0.344 e. The van der Waals surface area contributed by atoms with Crippen LogP contribution in [-0.4, -0.2) is 61.3 Å². The van der Waals surface area contributed by atoms with Gasteiger partial charge in [-0.25, -0.2) is 8.42 Å². The van der Waals surface area contributed by atoms with Crippen molar-refractivity contribution in [2.75, 3.05) is 18.8 Å². The molecule has 1 aliphatic heterocycles. The van der Waals surface area contributed by atoms with Gasteiger partial charge in [-0.15, -0.1) is 0 Å². The molecule has 2 bridgehead atoms. The van der Waals surface area contributed by atoms with Gasteiger partial charge < -0.3 is 16.0 Å². The van der Waals surface area contributed by atoms with Crippen molar-refractivity contribution in [3.63, 3.8) is 0 Å². The summed E-state index contributed by atoms with van der Waals surface area (Å²) < 4.78 is 26.4. The van der Waals surface area contributed by atoms with Gasteiger partial charge in [-0.05, 0) is 73.4 Å². The molecule has 3 aromatic rings. The first-order valence-electron chi connectivity index (χ1n) is 15.9. The monoisotopic (exact) mass is 647 g/mol. The standard InChI is InChI=1S/C36H42ClN3O4S/c1-23(2)45(43,44)22-36(25-8-4-3-5-9-25)16-18-40(19-17-36)35(42)31(20-24-12-14-26(37)15-13-24)39-34(41)32-29-21-30(33(32)38)28-11-7-6-10-27(28)29/h3-15,23,29-33H,16-22,38H2,1-2H3,(H,39,41)/t29?,30?,31-,32?,33?/m1/s1. The van der Waals surface area contributed by atoms with Gasteiger partial charge in [-0.2, -0.15) is 0 Å². The molecule has 0 spiro atoms. The summed E-state index contributed by atoms with van der Waals surface area (Å²) in [6.07, 6.45) is 2.20. The summed E-state index contributed by atoms with van der Waals surface area (Å²) in [5.74, 6) is -0.532. The molecular formula is C36H42ClN3O4S. The lowest BCUT2D eigenvalue weighted by Crippen LogP contribution is -2.56. The molecule has 3 N–H and O–H groups in total. The molecule has 1 heterocycles. The smallest absolute Gasteiger partial charge is 0.245 e. The third-order valence-corrected chi connectivity index (χ3v) is 13.1. The summed E-state index contributed by atoms with van der Waals surface area (Å²) in [6.45, 7) is 4.24. The maximum absolute atomic E-state index is 14.2. The number of fused-ring (bicyclic) bond motifs is 5. The summed E-state index contributed by atoms with van der Waals surface area (Å²) in [6, 6.07) is 24.2. The Kier molecular flexibility index (Phi) is 8.85. The average molecular weight is 648 g/mol. The van der Waals surface area contributed by atoms with Crippen LogP contribution in [0.1, 0.15) is 67.2 Å². The molecule has 1 saturated carbocycles. The number of amides is 2. The number of hydrogen-bond donors (Lipinski definition) is 2. The molecular weight excluding hydrogens is 606 g/mol. The van der Waals surface area contributed by atoms with Gasteiger partial charge in [0.2, 0.25) is 11.8 Å². The predicted octanol–water partition coefficient (Wildman–Crippen LogP) is 4.98. The third-order valence-electron chi connectivity index (χ3n) is 10.5. The Morgan fingerprint density at radius 2 is 1.53 bits per heavy atom. The van der Waals surface area contributed by atoms with E-state index in [9.17, 15) is 18.0 Å². The van der Waals surface area contributed by atoms with Crippen molar-refractivity contribution < 1.29 is 18.0 Å². The molecule has 45 heavy (non-hydrogen) atoms. The van der Waals surface area contributed by atoms with Crippen molar-refractivity contribution in [3.05, 3.63) is 106 Å². The number of carbonyl (C=O) groups excluding carboxylic acids is 2. The molecule has 9 heteroatoms. The summed E-state index contributed by atoms with van der Waals surface area (Å²) in [5.41, 5.74) is 10.4. The van der Waals surface area contributed by atoms with Gasteiger partial charge in [0.05, 0.1) is 16.9 Å². The number of hydrogen-bond acceptors (Lipinski definition) is 5. The number of halogens is 1. The van der Waals surface area contributed by atoms with Crippen LogP contribution in [0, 0.1) is 5.92 Å². The molecule has 3 aliphatic rings. The third kappa shape index (κ3) is 6.17. The molecule has 3 aromatic carbocycles. The van der Waals surface area contributed by atoms with Gasteiger partial charge in [0, 0.05) is 41.9 Å². The zero-order valence-corrected chi connectivity index (χ0v) is 27.4. The van der Waals surface area contributed by atoms with Gasteiger partial charge in [-0.3, -0.25) is 9.59 Å².